The van der Waals surface area contributed by atoms with Crippen molar-refractivity contribution in [2.24, 2.45) is 10.2 Å². The maximum Gasteiger partial charge on any atom is 0.242 e. The number of rotatable bonds is 6. The summed E-state index contributed by atoms with van der Waals surface area (Å²) in [6.07, 6.45) is 4.93. The molecular weight excluding hydrogens is 370 g/mol. The van der Waals surface area contributed by atoms with E-state index in [9.17, 15) is 4.79 Å². The second kappa shape index (κ2) is 8.44. The van der Waals surface area contributed by atoms with Crippen LogP contribution < -0.4 is 0 Å². The van der Waals surface area contributed by atoms with Gasteiger partial charge in [0.15, 0.2) is 5.17 Å². The smallest absolute Gasteiger partial charge is 0.242 e. The summed E-state index contributed by atoms with van der Waals surface area (Å²) in [4.78, 5) is 14.7. The first-order valence-electron chi connectivity index (χ1n) is 9.35. The number of hydrogen-bond donors (Lipinski definition) is 0. The van der Waals surface area contributed by atoms with Crippen molar-refractivity contribution < 1.29 is 9.21 Å². The number of furan rings is 1. The van der Waals surface area contributed by atoms with Crippen molar-refractivity contribution in [2.45, 2.75) is 31.6 Å². The van der Waals surface area contributed by atoms with E-state index >= 15 is 0 Å². The molecule has 2 heterocycles. The van der Waals surface area contributed by atoms with Gasteiger partial charge in [0, 0.05) is 0 Å². The standard InChI is InChI=1S/C22H21N3O2S/c1-2-7-20-21(26)25(22(28-20)24-23-14-18-11-6-13-27-18)15-17-10-5-9-16-8-3-4-12-19(16)17/h3-6,8-14,20H,2,7,15H2,1H3. The van der Waals surface area contributed by atoms with Crippen LogP contribution >= 0.6 is 11.8 Å². The molecule has 1 aromatic heterocycles. The summed E-state index contributed by atoms with van der Waals surface area (Å²) < 4.78 is 5.24. The molecule has 0 saturated carbocycles. The molecular formula is C22H21N3O2S. The number of amidine groups is 1. The van der Waals surface area contributed by atoms with E-state index in [0.29, 0.717) is 17.5 Å². The maximum absolute atomic E-state index is 13.0. The van der Waals surface area contributed by atoms with Gasteiger partial charge in [0.2, 0.25) is 5.91 Å². The van der Waals surface area contributed by atoms with Crippen molar-refractivity contribution in [1.82, 2.24) is 4.90 Å². The Bertz CT molecular complexity index is 1020. The number of nitrogens with zero attached hydrogens (tertiary/aromatic N) is 3. The molecule has 4 rings (SSSR count). The Labute approximate surface area is 168 Å². The Balaban J connectivity index is 1.63. The summed E-state index contributed by atoms with van der Waals surface area (Å²) in [5.41, 5.74) is 1.10. The van der Waals surface area contributed by atoms with Crippen molar-refractivity contribution in [3.63, 3.8) is 0 Å². The lowest BCUT2D eigenvalue weighted by Crippen LogP contribution is -2.31. The lowest BCUT2D eigenvalue weighted by atomic mass is 10.0. The van der Waals surface area contributed by atoms with Crippen LogP contribution in [0.3, 0.4) is 0 Å². The van der Waals surface area contributed by atoms with Crippen molar-refractivity contribution in [3.8, 4) is 0 Å². The number of fused-ring (bicyclic) bond motifs is 1. The van der Waals surface area contributed by atoms with Gasteiger partial charge in [-0.05, 0) is 34.9 Å². The van der Waals surface area contributed by atoms with Gasteiger partial charge in [-0.1, -0.05) is 67.6 Å². The number of thioether (sulfide) groups is 1. The predicted octanol–water partition coefficient (Wildman–Crippen LogP) is 5.07. The predicted molar refractivity (Wildman–Crippen MR) is 115 cm³/mol. The van der Waals surface area contributed by atoms with Gasteiger partial charge in [-0.3, -0.25) is 9.69 Å². The Morgan fingerprint density at radius 3 is 2.82 bits per heavy atom. The topological polar surface area (TPSA) is 58.2 Å². The maximum atomic E-state index is 13.0. The van der Waals surface area contributed by atoms with Crippen molar-refractivity contribution in [3.05, 3.63) is 72.2 Å². The van der Waals surface area contributed by atoms with Crippen molar-refractivity contribution in [2.75, 3.05) is 0 Å². The highest BCUT2D eigenvalue weighted by atomic mass is 32.2. The number of carbonyl (C=O) groups is 1. The Morgan fingerprint density at radius 2 is 2.00 bits per heavy atom. The highest BCUT2D eigenvalue weighted by Crippen LogP contribution is 2.32. The highest BCUT2D eigenvalue weighted by Gasteiger charge is 2.37. The van der Waals surface area contributed by atoms with E-state index in [0.717, 1.165) is 23.8 Å². The minimum absolute atomic E-state index is 0.0995. The number of hydrogen-bond acceptors (Lipinski definition) is 5. The fourth-order valence-electron chi connectivity index (χ4n) is 3.28. The minimum Gasteiger partial charge on any atom is -0.463 e. The largest absolute Gasteiger partial charge is 0.463 e. The van der Waals surface area contributed by atoms with E-state index < -0.39 is 0 Å². The zero-order chi connectivity index (χ0) is 19.3. The lowest BCUT2D eigenvalue weighted by molar-refractivity contribution is -0.126. The zero-order valence-corrected chi connectivity index (χ0v) is 16.4. The van der Waals surface area contributed by atoms with E-state index in [1.807, 2.05) is 24.3 Å². The number of amides is 1. The van der Waals surface area contributed by atoms with Gasteiger partial charge < -0.3 is 4.42 Å². The average Bonchev–Trinajstić information content (AvgIpc) is 3.33. The summed E-state index contributed by atoms with van der Waals surface area (Å²) in [6.45, 7) is 2.58. The molecule has 1 atom stereocenters. The van der Waals surface area contributed by atoms with Crippen LogP contribution in [-0.2, 0) is 11.3 Å². The van der Waals surface area contributed by atoms with Gasteiger partial charge in [0.05, 0.1) is 24.3 Å². The molecule has 1 saturated heterocycles. The van der Waals surface area contributed by atoms with Crippen LogP contribution in [0.25, 0.3) is 10.8 Å². The van der Waals surface area contributed by atoms with Gasteiger partial charge in [-0.25, -0.2) is 0 Å². The quantitative estimate of drug-likeness (QED) is 0.435. The SMILES string of the molecule is CCCC1SC(=NN=Cc2ccco2)N(Cc2cccc3ccccc23)C1=O. The van der Waals surface area contributed by atoms with E-state index in [4.69, 9.17) is 4.42 Å². The molecule has 0 spiro atoms. The molecule has 1 unspecified atom stereocenters. The number of benzene rings is 2. The summed E-state index contributed by atoms with van der Waals surface area (Å²) in [5.74, 6) is 0.733. The third-order valence-electron chi connectivity index (χ3n) is 4.65. The molecule has 142 valence electrons. The first-order chi connectivity index (χ1) is 13.8. The highest BCUT2D eigenvalue weighted by molar-refractivity contribution is 8.15. The fourth-order valence-corrected chi connectivity index (χ4v) is 4.49. The van der Waals surface area contributed by atoms with E-state index in [-0.39, 0.29) is 11.2 Å². The summed E-state index contributed by atoms with van der Waals surface area (Å²) in [6, 6.07) is 18.0. The van der Waals surface area contributed by atoms with E-state index in [1.54, 1.807) is 23.4 Å². The summed E-state index contributed by atoms with van der Waals surface area (Å²) in [7, 11) is 0. The summed E-state index contributed by atoms with van der Waals surface area (Å²) >= 11 is 1.50. The van der Waals surface area contributed by atoms with Crippen molar-refractivity contribution in [1.29, 1.82) is 0 Å². The van der Waals surface area contributed by atoms with Crippen LogP contribution in [0.15, 0.2) is 75.5 Å². The van der Waals surface area contributed by atoms with Crippen LogP contribution in [0.5, 0.6) is 0 Å². The molecule has 0 aliphatic carbocycles. The third kappa shape index (κ3) is 3.87. The molecule has 3 aromatic rings. The zero-order valence-electron chi connectivity index (χ0n) is 15.6. The fraction of sp³-hybridized carbons (Fsp3) is 0.227. The van der Waals surface area contributed by atoms with Gasteiger partial charge in [-0.2, -0.15) is 5.10 Å². The molecule has 0 radical (unpaired) electrons. The summed E-state index contributed by atoms with van der Waals surface area (Å²) in [5, 5.41) is 11.3. The van der Waals surface area contributed by atoms with E-state index in [1.165, 1.54) is 17.1 Å². The lowest BCUT2D eigenvalue weighted by Gasteiger charge is -2.17. The first-order valence-corrected chi connectivity index (χ1v) is 10.2. The first kappa shape index (κ1) is 18.5. The Hall–Kier alpha value is -2.86. The van der Waals surface area contributed by atoms with Crippen LogP contribution in [0.2, 0.25) is 0 Å². The monoisotopic (exact) mass is 391 g/mol. The van der Waals surface area contributed by atoms with Crippen LogP contribution in [-0.4, -0.2) is 27.4 Å². The average molecular weight is 391 g/mol. The van der Waals surface area contributed by atoms with E-state index in [2.05, 4.69) is 41.4 Å². The third-order valence-corrected chi connectivity index (χ3v) is 5.89. The van der Waals surface area contributed by atoms with Crippen LogP contribution in [0, 0.1) is 0 Å². The van der Waals surface area contributed by atoms with Gasteiger partial charge in [0.25, 0.3) is 0 Å². The molecule has 5 nitrogen and oxygen atoms in total. The molecule has 28 heavy (non-hydrogen) atoms. The molecule has 6 heteroatoms. The van der Waals surface area contributed by atoms with Gasteiger partial charge >= 0.3 is 0 Å². The van der Waals surface area contributed by atoms with Crippen LogP contribution in [0.1, 0.15) is 31.1 Å². The minimum atomic E-state index is -0.0995. The second-order valence-electron chi connectivity index (χ2n) is 6.60. The second-order valence-corrected chi connectivity index (χ2v) is 7.77. The molecule has 1 fully saturated rings. The normalized spacial score (nSPS) is 18.8. The van der Waals surface area contributed by atoms with Crippen LogP contribution in [0.4, 0.5) is 0 Å². The molecule has 2 aromatic carbocycles. The van der Waals surface area contributed by atoms with Crippen molar-refractivity contribution >= 4 is 39.8 Å². The van der Waals surface area contributed by atoms with Gasteiger partial charge in [-0.15, -0.1) is 5.10 Å². The number of carbonyl (C=O) groups excluding carboxylic acids is 1. The molecule has 0 bridgehead atoms. The Morgan fingerprint density at radius 1 is 1.14 bits per heavy atom. The molecule has 1 aliphatic heterocycles. The van der Waals surface area contributed by atoms with Gasteiger partial charge in [0.1, 0.15) is 5.76 Å². The molecule has 1 amide bonds. The molecule has 1 aliphatic rings. The Kier molecular flexibility index (Phi) is 5.58. The molecule has 0 N–H and O–H groups in total.